The Morgan fingerprint density at radius 2 is 1.25 bits per heavy atom. The van der Waals surface area contributed by atoms with Gasteiger partial charge in [0.05, 0.1) is 13.2 Å². The zero-order valence-electron chi connectivity index (χ0n) is 17.8. The van der Waals surface area contributed by atoms with Gasteiger partial charge >= 0.3 is 0 Å². The van der Waals surface area contributed by atoms with Gasteiger partial charge in [-0.2, -0.15) is 0 Å². The van der Waals surface area contributed by atoms with E-state index >= 15 is 0 Å². The molecule has 0 heterocycles. The molecule has 0 bridgehead atoms. The zero-order chi connectivity index (χ0) is 20.0. The standard InChI is InChI=1S/C25H37ClO2/c1-3-4-5-11-18-27-24-15-16-25(23-20-21(2)13-14-22(23)24)28-19-12-9-7-6-8-10-17-26/h13-16,20H,3-12,17-19H2,1-2H3. The minimum absolute atomic E-state index is 0.774. The fraction of sp³-hybridized carbons (Fsp3) is 0.600. The highest BCUT2D eigenvalue weighted by Gasteiger charge is 2.09. The summed E-state index contributed by atoms with van der Waals surface area (Å²) in [5.74, 6) is 2.73. The molecule has 2 rings (SSSR count). The van der Waals surface area contributed by atoms with E-state index in [0.717, 1.165) is 60.6 Å². The lowest BCUT2D eigenvalue weighted by Crippen LogP contribution is -2.01. The van der Waals surface area contributed by atoms with E-state index in [9.17, 15) is 0 Å². The molecule has 0 aliphatic carbocycles. The van der Waals surface area contributed by atoms with Crippen LogP contribution in [0.2, 0.25) is 0 Å². The van der Waals surface area contributed by atoms with Gasteiger partial charge in [0.25, 0.3) is 0 Å². The first kappa shape index (κ1) is 22.9. The third-order valence-corrected chi connectivity index (χ3v) is 5.40. The number of fused-ring (bicyclic) bond motifs is 1. The van der Waals surface area contributed by atoms with Crippen molar-refractivity contribution in [2.45, 2.75) is 78.1 Å². The first-order valence-electron chi connectivity index (χ1n) is 11.1. The Balaban J connectivity index is 1.89. The highest BCUT2D eigenvalue weighted by molar-refractivity contribution is 6.17. The Bertz CT molecular complexity index is 684. The Labute approximate surface area is 176 Å². The summed E-state index contributed by atoms with van der Waals surface area (Å²) in [7, 11) is 0. The van der Waals surface area contributed by atoms with Crippen molar-refractivity contribution >= 4 is 22.4 Å². The number of ether oxygens (including phenoxy) is 2. The molecule has 0 aromatic heterocycles. The first-order valence-corrected chi connectivity index (χ1v) is 11.6. The number of unbranched alkanes of at least 4 members (excludes halogenated alkanes) is 8. The van der Waals surface area contributed by atoms with Crippen LogP contribution in [0, 0.1) is 6.92 Å². The van der Waals surface area contributed by atoms with E-state index in [2.05, 4.69) is 44.2 Å². The SMILES string of the molecule is CCCCCCOc1ccc(OCCCCCCCCCl)c2cc(C)ccc12. The van der Waals surface area contributed by atoms with Gasteiger partial charge in [-0.3, -0.25) is 0 Å². The second-order valence-corrected chi connectivity index (χ2v) is 8.06. The smallest absolute Gasteiger partial charge is 0.127 e. The topological polar surface area (TPSA) is 18.5 Å². The summed E-state index contributed by atoms with van der Waals surface area (Å²) in [5.41, 5.74) is 1.25. The van der Waals surface area contributed by atoms with Crippen LogP contribution in [-0.2, 0) is 0 Å². The molecule has 0 atom stereocenters. The van der Waals surface area contributed by atoms with Crippen LogP contribution in [0.5, 0.6) is 11.5 Å². The predicted molar refractivity (Wildman–Crippen MR) is 122 cm³/mol. The number of aryl methyl sites for hydroxylation is 1. The van der Waals surface area contributed by atoms with Crippen LogP contribution in [0.4, 0.5) is 0 Å². The summed E-state index contributed by atoms with van der Waals surface area (Å²) in [5, 5.41) is 2.31. The monoisotopic (exact) mass is 404 g/mol. The quantitative estimate of drug-likeness (QED) is 0.220. The molecule has 0 unspecified atom stereocenters. The summed E-state index contributed by atoms with van der Waals surface area (Å²) >= 11 is 5.72. The van der Waals surface area contributed by atoms with Gasteiger partial charge in [-0.25, -0.2) is 0 Å². The van der Waals surface area contributed by atoms with Crippen molar-refractivity contribution in [2.75, 3.05) is 19.1 Å². The molecule has 2 nitrogen and oxygen atoms in total. The molecule has 0 amide bonds. The summed E-state index contributed by atoms with van der Waals surface area (Å²) in [6, 6.07) is 10.7. The van der Waals surface area contributed by atoms with Gasteiger partial charge in [-0.15, -0.1) is 11.6 Å². The van der Waals surface area contributed by atoms with E-state index in [-0.39, 0.29) is 0 Å². The van der Waals surface area contributed by atoms with E-state index in [1.807, 2.05) is 0 Å². The number of hydrogen-bond donors (Lipinski definition) is 0. The van der Waals surface area contributed by atoms with E-state index in [4.69, 9.17) is 21.1 Å². The van der Waals surface area contributed by atoms with Gasteiger partial charge in [-0.1, -0.05) is 69.6 Å². The van der Waals surface area contributed by atoms with Crippen LogP contribution < -0.4 is 9.47 Å². The Kier molecular flexibility index (Phi) is 11.2. The van der Waals surface area contributed by atoms with Gasteiger partial charge in [0.1, 0.15) is 11.5 Å². The van der Waals surface area contributed by atoms with Crippen LogP contribution >= 0.6 is 11.6 Å². The highest BCUT2D eigenvalue weighted by atomic mass is 35.5. The summed E-state index contributed by atoms with van der Waals surface area (Å²) in [4.78, 5) is 0. The van der Waals surface area contributed by atoms with Crippen LogP contribution in [0.1, 0.15) is 76.7 Å². The molecule has 0 spiro atoms. The molecular weight excluding hydrogens is 368 g/mol. The van der Waals surface area contributed by atoms with Crippen molar-refractivity contribution in [3.8, 4) is 11.5 Å². The summed E-state index contributed by atoms with van der Waals surface area (Å²) < 4.78 is 12.2. The van der Waals surface area contributed by atoms with Crippen molar-refractivity contribution in [2.24, 2.45) is 0 Å². The molecule has 0 saturated carbocycles. The maximum Gasteiger partial charge on any atom is 0.127 e. The lowest BCUT2D eigenvalue weighted by molar-refractivity contribution is 0.301. The fourth-order valence-electron chi connectivity index (χ4n) is 3.46. The second kappa shape index (κ2) is 13.7. The van der Waals surface area contributed by atoms with Gasteiger partial charge in [0.15, 0.2) is 0 Å². The minimum atomic E-state index is 0.774. The summed E-state index contributed by atoms with van der Waals surface area (Å²) in [6.45, 7) is 5.92. The van der Waals surface area contributed by atoms with Gasteiger partial charge < -0.3 is 9.47 Å². The molecule has 0 aliphatic heterocycles. The highest BCUT2D eigenvalue weighted by Crippen LogP contribution is 2.34. The number of benzene rings is 2. The van der Waals surface area contributed by atoms with Crippen molar-refractivity contribution in [3.63, 3.8) is 0 Å². The van der Waals surface area contributed by atoms with Crippen molar-refractivity contribution in [1.82, 2.24) is 0 Å². The van der Waals surface area contributed by atoms with E-state index < -0.39 is 0 Å². The third-order valence-electron chi connectivity index (χ3n) is 5.13. The lowest BCUT2D eigenvalue weighted by atomic mass is 10.1. The van der Waals surface area contributed by atoms with Crippen LogP contribution in [0.25, 0.3) is 10.8 Å². The van der Waals surface area contributed by atoms with E-state index in [1.54, 1.807) is 0 Å². The molecule has 0 fully saturated rings. The summed E-state index contributed by atoms with van der Waals surface area (Å²) in [6.07, 6.45) is 12.1. The molecule has 0 saturated heterocycles. The fourth-order valence-corrected chi connectivity index (χ4v) is 3.65. The van der Waals surface area contributed by atoms with E-state index in [0.29, 0.717) is 0 Å². The number of hydrogen-bond acceptors (Lipinski definition) is 2. The van der Waals surface area contributed by atoms with Gasteiger partial charge in [-0.05, 0) is 44.4 Å². The number of alkyl halides is 1. The molecule has 28 heavy (non-hydrogen) atoms. The molecule has 0 aliphatic rings. The normalized spacial score (nSPS) is 11.1. The molecule has 0 N–H and O–H groups in total. The Morgan fingerprint density at radius 1 is 0.679 bits per heavy atom. The molecule has 2 aromatic rings. The third kappa shape index (κ3) is 7.91. The average molecular weight is 405 g/mol. The van der Waals surface area contributed by atoms with Gasteiger partial charge in [0, 0.05) is 16.7 Å². The Hall–Kier alpha value is -1.41. The van der Waals surface area contributed by atoms with Crippen LogP contribution in [0.15, 0.2) is 30.3 Å². The minimum Gasteiger partial charge on any atom is -0.493 e. The molecule has 3 heteroatoms. The first-order chi connectivity index (χ1) is 13.8. The number of halogens is 1. The molecule has 0 radical (unpaired) electrons. The van der Waals surface area contributed by atoms with Crippen LogP contribution in [0.3, 0.4) is 0 Å². The predicted octanol–water partition coefficient (Wildman–Crippen LogP) is 8.07. The second-order valence-electron chi connectivity index (χ2n) is 7.68. The van der Waals surface area contributed by atoms with Crippen molar-refractivity contribution < 1.29 is 9.47 Å². The maximum atomic E-state index is 6.14. The maximum absolute atomic E-state index is 6.14. The van der Waals surface area contributed by atoms with Crippen molar-refractivity contribution in [1.29, 1.82) is 0 Å². The van der Waals surface area contributed by atoms with Gasteiger partial charge in [0.2, 0.25) is 0 Å². The van der Waals surface area contributed by atoms with E-state index in [1.165, 1.54) is 50.5 Å². The average Bonchev–Trinajstić information content (AvgIpc) is 2.70. The largest absolute Gasteiger partial charge is 0.493 e. The Morgan fingerprint density at radius 3 is 1.89 bits per heavy atom. The lowest BCUT2D eigenvalue weighted by Gasteiger charge is -2.14. The molecular formula is C25H37ClO2. The number of rotatable bonds is 15. The molecule has 2 aromatic carbocycles. The zero-order valence-corrected chi connectivity index (χ0v) is 18.5. The van der Waals surface area contributed by atoms with Crippen molar-refractivity contribution in [3.05, 3.63) is 35.9 Å². The molecule has 156 valence electrons. The van der Waals surface area contributed by atoms with Crippen LogP contribution in [-0.4, -0.2) is 19.1 Å².